The summed E-state index contributed by atoms with van der Waals surface area (Å²) < 4.78 is 11.0. The Labute approximate surface area is 108 Å². The number of ether oxygens (including phenoxy) is 2. The molecule has 0 saturated heterocycles. The van der Waals surface area contributed by atoms with Crippen LogP contribution in [0.15, 0.2) is 18.2 Å². The van der Waals surface area contributed by atoms with E-state index in [-0.39, 0.29) is 6.04 Å². The molecule has 96 valence electrons. The van der Waals surface area contributed by atoms with Crippen LogP contribution in [0.25, 0.3) is 0 Å². The van der Waals surface area contributed by atoms with Crippen molar-refractivity contribution in [1.29, 1.82) is 5.26 Å². The lowest BCUT2D eigenvalue weighted by Gasteiger charge is -2.20. The molecule has 0 saturated carbocycles. The molecule has 1 heterocycles. The third-order valence-corrected chi connectivity index (χ3v) is 2.91. The van der Waals surface area contributed by atoms with Crippen LogP contribution < -0.4 is 14.8 Å². The molecule has 1 aromatic carbocycles. The summed E-state index contributed by atoms with van der Waals surface area (Å²) >= 11 is 0. The van der Waals surface area contributed by atoms with Gasteiger partial charge in [-0.05, 0) is 30.7 Å². The first kappa shape index (κ1) is 12.7. The average molecular weight is 246 g/mol. The summed E-state index contributed by atoms with van der Waals surface area (Å²) in [6.45, 7) is 4.13. The number of benzene rings is 1. The second-order valence-corrected chi connectivity index (χ2v) is 4.27. The van der Waals surface area contributed by atoms with Gasteiger partial charge in [-0.15, -0.1) is 0 Å². The fourth-order valence-electron chi connectivity index (χ4n) is 1.90. The van der Waals surface area contributed by atoms with E-state index in [4.69, 9.17) is 9.47 Å². The Balaban J connectivity index is 2.09. The summed E-state index contributed by atoms with van der Waals surface area (Å²) in [6, 6.07) is 7.67. The average Bonchev–Trinajstić information content (AvgIpc) is 2.43. The molecule has 1 N–H and O–H groups in total. The van der Waals surface area contributed by atoms with E-state index in [2.05, 4.69) is 18.3 Å². The van der Waals surface area contributed by atoms with Gasteiger partial charge in [0.05, 0.1) is 6.07 Å². The molecule has 0 radical (unpaired) electrons. The number of nitrogens with zero attached hydrogens (tertiary/aromatic N) is 1. The minimum Gasteiger partial charge on any atom is -0.486 e. The number of hydrogen-bond acceptors (Lipinski definition) is 4. The monoisotopic (exact) mass is 246 g/mol. The van der Waals surface area contributed by atoms with Gasteiger partial charge in [0.15, 0.2) is 11.5 Å². The highest BCUT2D eigenvalue weighted by Crippen LogP contribution is 2.32. The molecule has 0 aromatic heterocycles. The Bertz CT molecular complexity index is 440. The van der Waals surface area contributed by atoms with E-state index in [9.17, 15) is 5.26 Å². The summed E-state index contributed by atoms with van der Waals surface area (Å²) in [5.41, 5.74) is 0.929. The Morgan fingerprint density at radius 3 is 2.83 bits per heavy atom. The molecule has 0 bridgehead atoms. The third kappa shape index (κ3) is 2.93. The van der Waals surface area contributed by atoms with E-state index < -0.39 is 0 Å². The van der Waals surface area contributed by atoms with Crippen molar-refractivity contribution in [3.8, 4) is 17.6 Å². The molecule has 4 heteroatoms. The Morgan fingerprint density at radius 1 is 1.33 bits per heavy atom. The molecule has 1 aromatic rings. The summed E-state index contributed by atoms with van der Waals surface area (Å²) in [5.74, 6) is 1.49. The van der Waals surface area contributed by atoms with Crippen molar-refractivity contribution in [3.05, 3.63) is 23.8 Å². The van der Waals surface area contributed by atoms with Gasteiger partial charge < -0.3 is 9.47 Å². The lowest BCUT2D eigenvalue weighted by atomic mass is 10.1. The van der Waals surface area contributed by atoms with Gasteiger partial charge in [-0.1, -0.05) is 19.4 Å². The first-order valence-electron chi connectivity index (χ1n) is 6.37. The molecule has 1 aliphatic heterocycles. The van der Waals surface area contributed by atoms with Crippen molar-refractivity contribution >= 4 is 0 Å². The molecule has 1 atom stereocenters. The lowest BCUT2D eigenvalue weighted by Crippen LogP contribution is -2.21. The minimum absolute atomic E-state index is 0.285. The summed E-state index contributed by atoms with van der Waals surface area (Å²) in [7, 11) is 0. The van der Waals surface area contributed by atoms with Gasteiger partial charge in [-0.25, -0.2) is 0 Å². The zero-order valence-electron chi connectivity index (χ0n) is 10.6. The molecule has 0 aliphatic carbocycles. The number of nitrogens with one attached hydrogen (secondary N) is 1. The van der Waals surface area contributed by atoms with Gasteiger partial charge in [-0.2, -0.15) is 5.26 Å². The van der Waals surface area contributed by atoms with E-state index in [0.29, 0.717) is 13.2 Å². The van der Waals surface area contributed by atoms with Crippen LogP contribution in [-0.4, -0.2) is 19.8 Å². The zero-order valence-corrected chi connectivity index (χ0v) is 10.6. The van der Waals surface area contributed by atoms with Crippen molar-refractivity contribution in [3.63, 3.8) is 0 Å². The Morgan fingerprint density at radius 2 is 2.11 bits per heavy atom. The summed E-state index contributed by atoms with van der Waals surface area (Å²) in [5, 5.41) is 12.4. The first-order valence-corrected chi connectivity index (χ1v) is 6.37. The summed E-state index contributed by atoms with van der Waals surface area (Å²) in [6.07, 6.45) is 2.19. The molecule has 18 heavy (non-hydrogen) atoms. The van der Waals surface area contributed by atoms with Crippen molar-refractivity contribution in [1.82, 2.24) is 5.32 Å². The van der Waals surface area contributed by atoms with Crippen LogP contribution >= 0.6 is 0 Å². The molecule has 2 rings (SSSR count). The van der Waals surface area contributed by atoms with Gasteiger partial charge in [0.25, 0.3) is 0 Å². The number of unbranched alkanes of at least 4 members (excludes halogenated alkanes) is 1. The molecule has 0 amide bonds. The largest absolute Gasteiger partial charge is 0.486 e. The van der Waals surface area contributed by atoms with Crippen molar-refractivity contribution < 1.29 is 9.47 Å². The fourth-order valence-corrected chi connectivity index (χ4v) is 1.90. The number of fused-ring (bicyclic) bond motifs is 1. The first-order chi connectivity index (χ1) is 8.85. The van der Waals surface area contributed by atoms with E-state index >= 15 is 0 Å². The highest BCUT2D eigenvalue weighted by Gasteiger charge is 2.16. The molecule has 1 unspecified atom stereocenters. The molecule has 0 fully saturated rings. The second-order valence-electron chi connectivity index (χ2n) is 4.27. The summed E-state index contributed by atoms with van der Waals surface area (Å²) in [4.78, 5) is 0. The van der Waals surface area contributed by atoms with Gasteiger partial charge in [0.1, 0.15) is 19.3 Å². The van der Waals surface area contributed by atoms with Crippen LogP contribution in [-0.2, 0) is 0 Å². The topological polar surface area (TPSA) is 54.3 Å². The van der Waals surface area contributed by atoms with Crippen LogP contribution in [0.5, 0.6) is 11.5 Å². The predicted octanol–water partition coefficient (Wildman–Crippen LogP) is 2.41. The maximum absolute atomic E-state index is 9.20. The van der Waals surface area contributed by atoms with E-state index in [1.807, 2.05) is 18.2 Å². The number of hydrogen-bond donors (Lipinski definition) is 1. The molecule has 0 spiro atoms. The molecule has 1 aliphatic rings. The van der Waals surface area contributed by atoms with Crippen LogP contribution in [0.4, 0.5) is 0 Å². The molecular weight excluding hydrogens is 228 g/mol. The van der Waals surface area contributed by atoms with Gasteiger partial charge in [-0.3, -0.25) is 5.32 Å². The van der Waals surface area contributed by atoms with Crippen molar-refractivity contribution in [2.75, 3.05) is 19.8 Å². The van der Waals surface area contributed by atoms with E-state index in [0.717, 1.165) is 36.4 Å². The minimum atomic E-state index is -0.285. The predicted molar refractivity (Wildman–Crippen MR) is 68.7 cm³/mol. The Hall–Kier alpha value is -1.73. The van der Waals surface area contributed by atoms with Gasteiger partial charge >= 0.3 is 0 Å². The quantitative estimate of drug-likeness (QED) is 0.811. The van der Waals surface area contributed by atoms with Crippen LogP contribution in [0.3, 0.4) is 0 Å². The lowest BCUT2D eigenvalue weighted by molar-refractivity contribution is 0.171. The fraction of sp³-hybridized carbons (Fsp3) is 0.500. The van der Waals surface area contributed by atoms with E-state index in [1.54, 1.807) is 0 Å². The maximum Gasteiger partial charge on any atom is 0.161 e. The molecular formula is C14H18N2O2. The zero-order chi connectivity index (χ0) is 12.8. The SMILES string of the molecule is CCCCNC(C#N)c1ccc2c(c1)OCCO2. The smallest absolute Gasteiger partial charge is 0.161 e. The van der Waals surface area contributed by atoms with Gasteiger partial charge in [0.2, 0.25) is 0 Å². The second kappa shape index (κ2) is 6.27. The third-order valence-electron chi connectivity index (χ3n) is 2.91. The van der Waals surface area contributed by atoms with Crippen LogP contribution in [0, 0.1) is 11.3 Å². The van der Waals surface area contributed by atoms with Crippen LogP contribution in [0.1, 0.15) is 31.4 Å². The molecule has 4 nitrogen and oxygen atoms in total. The number of rotatable bonds is 5. The standard InChI is InChI=1S/C14H18N2O2/c1-2-3-6-16-12(10-15)11-4-5-13-14(9-11)18-8-7-17-13/h4-5,9,12,16H,2-3,6-8H2,1H3. The highest BCUT2D eigenvalue weighted by atomic mass is 16.6. The Kier molecular flexibility index (Phi) is 4.43. The number of nitriles is 1. The van der Waals surface area contributed by atoms with Crippen molar-refractivity contribution in [2.45, 2.75) is 25.8 Å². The van der Waals surface area contributed by atoms with Crippen LogP contribution in [0.2, 0.25) is 0 Å². The highest BCUT2D eigenvalue weighted by molar-refractivity contribution is 5.45. The normalized spacial score (nSPS) is 14.9. The van der Waals surface area contributed by atoms with E-state index in [1.165, 1.54) is 0 Å². The van der Waals surface area contributed by atoms with Gasteiger partial charge in [0, 0.05) is 0 Å². The maximum atomic E-state index is 9.20. The van der Waals surface area contributed by atoms with Crippen molar-refractivity contribution in [2.24, 2.45) is 0 Å².